The van der Waals surface area contributed by atoms with Gasteiger partial charge >= 0.3 is 0 Å². The van der Waals surface area contributed by atoms with Gasteiger partial charge in [0, 0.05) is 12.3 Å². The van der Waals surface area contributed by atoms with Crippen LogP contribution in [0.25, 0.3) is 17.2 Å². The number of nitro benzene ring substituents is 1. The fourth-order valence-corrected chi connectivity index (χ4v) is 2.65. The number of carbonyl (C=O) groups excluding carboxylic acids is 1. The van der Waals surface area contributed by atoms with Crippen LogP contribution in [0.4, 0.5) is 5.69 Å². The number of hydrogen-bond acceptors (Lipinski definition) is 5. The third kappa shape index (κ3) is 5.87. The Morgan fingerprint density at radius 1 is 0.967 bits per heavy atom. The molecule has 0 bridgehead atoms. The van der Waals surface area contributed by atoms with Crippen LogP contribution in [0, 0.1) is 10.1 Å². The van der Waals surface area contributed by atoms with Crippen LogP contribution in [0.3, 0.4) is 0 Å². The normalized spacial score (nSPS) is 10.9. The van der Waals surface area contributed by atoms with E-state index in [0.717, 1.165) is 11.1 Å². The molecule has 0 heterocycles. The van der Waals surface area contributed by atoms with Crippen LogP contribution in [0.1, 0.15) is 5.56 Å². The zero-order chi connectivity index (χ0) is 21.2. The number of nitro groups is 1. The van der Waals surface area contributed by atoms with Gasteiger partial charge in [-0.1, -0.05) is 54.6 Å². The minimum atomic E-state index is -0.456. The Morgan fingerprint density at radius 2 is 1.63 bits per heavy atom. The lowest BCUT2D eigenvalue weighted by Gasteiger charge is -2.06. The van der Waals surface area contributed by atoms with Crippen molar-refractivity contribution >= 4 is 23.9 Å². The van der Waals surface area contributed by atoms with Gasteiger partial charge in [-0.05, 0) is 41.5 Å². The Balaban J connectivity index is 1.45. The minimum absolute atomic E-state index is 0.00197. The summed E-state index contributed by atoms with van der Waals surface area (Å²) in [5, 5.41) is 14.7. The van der Waals surface area contributed by atoms with Gasteiger partial charge in [-0.25, -0.2) is 5.43 Å². The van der Waals surface area contributed by atoms with Crippen molar-refractivity contribution in [1.29, 1.82) is 0 Å². The number of para-hydroxylation sites is 1. The van der Waals surface area contributed by atoms with E-state index in [1.165, 1.54) is 18.4 Å². The van der Waals surface area contributed by atoms with Gasteiger partial charge in [0.25, 0.3) is 11.6 Å². The van der Waals surface area contributed by atoms with Gasteiger partial charge in [-0.15, -0.1) is 0 Å². The Morgan fingerprint density at radius 3 is 2.37 bits per heavy atom. The minimum Gasteiger partial charge on any atom is -0.484 e. The molecule has 1 amide bonds. The van der Waals surface area contributed by atoms with Crippen LogP contribution >= 0.6 is 0 Å². The van der Waals surface area contributed by atoms with Crippen LogP contribution in [0.2, 0.25) is 0 Å². The third-order valence-corrected chi connectivity index (χ3v) is 4.09. The molecule has 0 aliphatic carbocycles. The largest absolute Gasteiger partial charge is 0.484 e. The van der Waals surface area contributed by atoms with E-state index >= 15 is 0 Å². The Bertz CT molecular complexity index is 1060. The summed E-state index contributed by atoms with van der Waals surface area (Å²) in [5.41, 5.74) is 4.94. The molecule has 30 heavy (non-hydrogen) atoms. The fourth-order valence-electron chi connectivity index (χ4n) is 2.65. The number of ether oxygens (including phenoxy) is 1. The highest BCUT2D eigenvalue weighted by Gasteiger charge is 2.08. The second-order valence-electron chi connectivity index (χ2n) is 6.17. The maximum atomic E-state index is 11.8. The predicted molar refractivity (Wildman–Crippen MR) is 116 cm³/mol. The average molecular weight is 401 g/mol. The van der Waals surface area contributed by atoms with Crippen molar-refractivity contribution in [2.24, 2.45) is 5.10 Å². The van der Waals surface area contributed by atoms with E-state index in [9.17, 15) is 14.9 Å². The summed E-state index contributed by atoms with van der Waals surface area (Å²) in [7, 11) is 0. The van der Waals surface area contributed by atoms with Gasteiger partial charge in [-0.2, -0.15) is 5.10 Å². The van der Waals surface area contributed by atoms with Crippen molar-refractivity contribution in [3.63, 3.8) is 0 Å². The van der Waals surface area contributed by atoms with E-state index in [0.29, 0.717) is 11.3 Å². The van der Waals surface area contributed by atoms with Crippen LogP contribution in [-0.2, 0) is 4.79 Å². The zero-order valence-electron chi connectivity index (χ0n) is 16.0. The van der Waals surface area contributed by atoms with Crippen LogP contribution in [0.5, 0.6) is 5.75 Å². The van der Waals surface area contributed by atoms with Crippen molar-refractivity contribution in [3.05, 3.63) is 101 Å². The van der Waals surface area contributed by atoms with Crippen molar-refractivity contribution in [3.8, 4) is 16.9 Å². The molecule has 0 saturated carbocycles. The first-order chi connectivity index (χ1) is 14.6. The van der Waals surface area contributed by atoms with Gasteiger partial charge in [0.15, 0.2) is 6.61 Å². The third-order valence-electron chi connectivity index (χ3n) is 4.09. The second-order valence-corrected chi connectivity index (χ2v) is 6.17. The molecule has 0 aliphatic rings. The van der Waals surface area contributed by atoms with Crippen LogP contribution in [-0.4, -0.2) is 23.7 Å². The summed E-state index contributed by atoms with van der Waals surface area (Å²) < 4.78 is 5.45. The number of nitrogens with one attached hydrogen (secondary N) is 1. The lowest BCUT2D eigenvalue weighted by atomic mass is 10.1. The molecular weight excluding hydrogens is 382 g/mol. The number of hydrazone groups is 1. The molecule has 1 N–H and O–H groups in total. The number of rotatable bonds is 8. The molecule has 7 nitrogen and oxygen atoms in total. The number of benzene rings is 3. The Hall–Kier alpha value is -4.26. The summed E-state index contributed by atoms with van der Waals surface area (Å²) >= 11 is 0. The molecule has 3 aromatic rings. The standard InChI is InChI=1S/C23H19N3O4/c27-23(25-24-16-6-10-20-9-4-5-11-22(20)26(28)29)17-30-21-14-12-19(13-15-21)18-7-2-1-3-8-18/h1-16H,17H2,(H,25,27)/b10-6+,24-16-. The molecule has 0 atom stereocenters. The number of allylic oxidation sites excluding steroid dienone is 1. The van der Waals surface area contributed by atoms with E-state index in [1.807, 2.05) is 42.5 Å². The van der Waals surface area contributed by atoms with Crippen molar-refractivity contribution in [1.82, 2.24) is 5.43 Å². The summed E-state index contributed by atoms with van der Waals surface area (Å²) in [6.07, 6.45) is 4.38. The lowest BCUT2D eigenvalue weighted by Crippen LogP contribution is -2.24. The SMILES string of the molecule is O=C(COc1ccc(-c2ccccc2)cc1)N/N=C\C=C\c1ccccc1[N+](=O)[O-]. The molecule has 7 heteroatoms. The summed E-state index contributed by atoms with van der Waals surface area (Å²) in [6, 6.07) is 23.7. The highest BCUT2D eigenvalue weighted by atomic mass is 16.6. The lowest BCUT2D eigenvalue weighted by molar-refractivity contribution is -0.385. The monoisotopic (exact) mass is 401 g/mol. The van der Waals surface area contributed by atoms with Gasteiger partial charge < -0.3 is 4.74 Å². The van der Waals surface area contributed by atoms with Crippen molar-refractivity contribution in [2.75, 3.05) is 6.61 Å². The maximum Gasteiger partial charge on any atom is 0.277 e. The average Bonchev–Trinajstić information content (AvgIpc) is 2.78. The maximum absolute atomic E-state index is 11.8. The van der Waals surface area contributed by atoms with E-state index in [1.54, 1.807) is 36.4 Å². The molecular formula is C23H19N3O4. The molecule has 3 aromatic carbocycles. The topological polar surface area (TPSA) is 93.8 Å². The molecule has 3 rings (SSSR count). The number of carbonyl (C=O) groups is 1. The molecule has 0 aromatic heterocycles. The summed E-state index contributed by atoms with van der Waals surface area (Å²) in [6.45, 7) is -0.185. The van der Waals surface area contributed by atoms with E-state index in [4.69, 9.17) is 4.74 Å². The fraction of sp³-hybridized carbons (Fsp3) is 0.0435. The number of amides is 1. The van der Waals surface area contributed by atoms with Crippen molar-refractivity contribution < 1.29 is 14.5 Å². The van der Waals surface area contributed by atoms with Gasteiger partial charge in [0.1, 0.15) is 5.75 Å². The second kappa shape index (κ2) is 10.3. The summed E-state index contributed by atoms with van der Waals surface area (Å²) in [5.74, 6) is 0.155. The van der Waals surface area contributed by atoms with Gasteiger partial charge in [0.2, 0.25) is 0 Å². The predicted octanol–water partition coefficient (Wildman–Crippen LogP) is 4.46. The molecule has 0 unspecified atom stereocenters. The first-order valence-corrected chi connectivity index (χ1v) is 9.14. The van der Waals surface area contributed by atoms with E-state index in [2.05, 4.69) is 10.5 Å². The smallest absolute Gasteiger partial charge is 0.277 e. The van der Waals surface area contributed by atoms with Gasteiger partial charge in [-0.3, -0.25) is 14.9 Å². The Labute approximate surface area is 173 Å². The zero-order valence-corrected chi connectivity index (χ0v) is 16.0. The number of nitrogens with zero attached hydrogens (tertiary/aromatic N) is 2. The number of hydrogen-bond donors (Lipinski definition) is 1. The highest BCUT2D eigenvalue weighted by Crippen LogP contribution is 2.22. The quantitative estimate of drug-likeness (QED) is 0.343. The van der Waals surface area contributed by atoms with E-state index < -0.39 is 10.8 Å². The van der Waals surface area contributed by atoms with Gasteiger partial charge in [0.05, 0.1) is 10.5 Å². The molecule has 0 aliphatic heterocycles. The van der Waals surface area contributed by atoms with E-state index in [-0.39, 0.29) is 12.3 Å². The molecule has 0 spiro atoms. The Kier molecular flexibility index (Phi) is 7.05. The van der Waals surface area contributed by atoms with Crippen LogP contribution < -0.4 is 10.2 Å². The molecule has 150 valence electrons. The van der Waals surface area contributed by atoms with Crippen LogP contribution in [0.15, 0.2) is 90.0 Å². The molecule has 0 fully saturated rings. The van der Waals surface area contributed by atoms with Crippen molar-refractivity contribution in [2.45, 2.75) is 0 Å². The highest BCUT2D eigenvalue weighted by molar-refractivity contribution is 5.82. The first-order valence-electron chi connectivity index (χ1n) is 9.14. The molecule has 0 radical (unpaired) electrons. The summed E-state index contributed by atoms with van der Waals surface area (Å²) in [4.78, 5) is 22.3. The molecule has 0 saturated heterocycles. The first kappa shape index (κ1) is 20.5.